The third-order valence-electron chi connectivity index (χ3n) is 6.56. The van der Waals surface area contributed by atoms with Crippen molar-refractivity contribution in [1.82, 2.24) is 0 Å². The number of carboxylic acid groups (broad SMARTS) is 5. The summed E-state index contributed by atoms with van der Waals surface area (Å²) in [6.45, 7) is 19.3. The van der Waals surface area contributed by atoms with Gasteiger partial charge in [-0.15, -0.1) is 23.2 Å². The van der Waals surface area contributed by atoms with E-state index in [4.69, 9.17) is 48.0 Å². The van der Waals surface area contributed by atoms with Crippen molar-refractivity contribution >= 4 is 53.0 Å². The molecule has 0 aromatic carbocycles. The van der Waals surface area contributed by atoms with Gasteiger partial charge >= 0.3 is 95.9 Å². The standard InChI is InChI=1S/C16H30O5.C8H16Cl2O.2C4H8O2.C4H7O2.Li.2Na/c1-15(2,13(17)18)9-5-7-11-21-12-8-6-10-16(3,4)14(19)20;9-5-1-3-7-11-8-4-2-6-10;3*1-3(2)4(5)6;;;/h5-12H2,1-4H3,(H,17,18)(H,19,20);1-8H2;2*3H,1-2H3,(H,5,6);1-2H3,(H,5,6);;;/q;;;;-1;3*+1/p-2. The van der Waals surface area contributed by atoms with E-state index in [2.05, 4.69) is 0 Å². The molecule has 0 unspecified atom stereocenters. The van der Waals surface area contributed by atoms with Crippen LogP contribution in [-0.2, 0) is 33.4 Å². The first kappa shape index (κ1) is 71.1. The number of carbonyl (C=O) groups is 5. The molecule has 0 radical (unpaired) electrons. The van der Waals surface area contributed by atoms with Crippen molar-refractivity contribution in [2.24, 2.45) is 22.7 Å². The number of carboxylic acids is 5. The molecule has 0 aliphatic rings. The minimum Gasteiger partial charge on any atom is -0.584 e. The molecule has 0 saturated carbocycles. The number of hydrogen-bond acceptors (Lipinski definition) is 9. The molecule has 0 fully saturated rings. The zero-order valence-electron chi connectivity index (χ0n) is 35.2. The zero-order chi connectivity index (χ0) is 40.3. The van der Waals surface area contributed by atoms with Gasteiger partial charge in [0.05, 0.1) is 16.7 Å². The number of halogens is 2. The van der Waals surface area contributed by atoms with Gasteiger partial charge in [-0.3, -0.25) is 14.4 Å². The molecular formula is C36H67Cl2LiNa2O12. The van der Waals surface area contributed by atoms with Crippen molar-refractivity contribution in [2.75, 3.05) is 38.2 Å². The van der Waals surface area contributed by atoms with Gasteiger partial charge in [0.2, 0.25) is 0 Å². The molecule has 12 nitrogen and oxygen atoms in total. The Morgan fingerprint density at radius 2 is 0.830 bits per heavy atom. The van der Waals surface area contributed by atoms with Gasteiger partial charge in [-0.2, -0.15) is 13.8 Å². The second-order valence-corrected chi connectivity index (χ2v) is 14.3. The molecule has 0 heterocycles. The maximum absolute atomic E-state index is 10.9. The fourth-order valence-electron chi connectivity index (χ4n) is 2.56. The maximum Gasteiger partial charge on any atom is 1.00 e. The predicted molar refractivity (Wildman–Crippen MR) is 194 cm³/mol. The minimum atomic E-state index is -1.07. The van der Waals surface area contributed by atoms with Crippen LogP contribution < -0.4 is 88.2 Å². The van der Waals surface area contributed by atoms with E-state index < -0.39 is 40.7 Å². The summed E-state index contributed by atoms with van der Waals surface area (Å²) in [7, 11) is 0. The largest absolute Gasteiger partial charge is 1.00 e. The first-order valence-electron chi connectivity index (χ1n) is 17.1. The van der Waals surface area contributed by atoms with Crippen molar-refractivity contribution in [2.45, 2.75) is 133 Å². The molecule has 0 aliphatic carbocycles. The SMILES string of the molecule is CC(C)(CCCCOCCCCC(C)(C)C(=O)O)C(=O)O.CC(C)C(=O)O.CC(C)C(=O)[O-].C[C-](C)C(=O)[O-].ClCCCCOCCCCCl.[Li+].[Na+].[Na+]. The smallest absolute Gasteiger partial charge is 0.584 e. The van der Waals surface area contributed by atoms with Crippen LogP contribution in [0, 0.1) is 28.6 Å². The Labute approximate surface area is 386 Å². The average Bonchev–Trinajstić information content (AvgIpc) is 3.00. The Hall–Kier alpha value is 0.317. The summed E-state index contributed by atoms with van der Waals surface area (Å²) in [5, 5.41) is 45.1. The second-order valence-electron chi connectivity index (χ2n) is 13.6. The quantitative estimate of drug-likeness (QED) is 0.0411. The fourth-order valence-corrected chi connectivity index (χ4v) is 2.94. The van der Waals surface area contributed by atoms with Gasteiger partial charge in [-0.1, -0.05) is 46.5 Å². The summed E-state index contributed by atoms with van der Waals surface area (Å²) in [4.78, 5) is 50.7. The van der Waals surface area contributed by atoms with E-state index >= 15 is 0 Å². The van der Waals surface area contributed by atoms with Gasteiger partial charge < -0.3 is 50.5 Å². The van der Waals surface area contributed by atoms with Crippen molar-refractivity contribution in [3.8, 4) is 0 Å². The molecule has 0 aromatic heterocycles. The first-order chi connectivity index (χ1) is 22.9. The Morgan fingerprint density at radius 1 is 0.604 bits per heavy atom. The molecule has 0 saturated heterocycles. The summed E-state index contributed by atoms with van der Waals surface area (Å²) in [5.74, 6) is -3.10. The van der Waals surface area contributed by atoms with Crippen LogP contribution in [0.2, 0.25) is 0 Å². The van der Waals surface area contributed by atoms with Crippen molar-refractivity contribution < 1.29 is 137 Å². The molecule has 0 amide bonds. The minimum absolute atomic E-state index is 0. The molecule has 17 heteroatoms. The van der Waals surface area contributed by atoms with Crippen LogP contribution >= 0.6 is 23.2 Å². The fraction of sp³-hybridized carbons (Fsp3) is 0.833. The molecule has 0 atom stereocenters. The van der Waals surface area contributed by atoms with Crippen LogP contribution in [0.15, 0.2) is 0 Å². The summed E-state index contributed by atoms with van der Waals surface area (Å²) in [5.41, 5.74) is -1.33. The number of ether oxygens (including phenoxy) is 2. The van der Waals surface area contributed by atoms with E-state index in [9.17, 15) is 34.2 Å². The van der Waals surface area contributed by atoms with E-state index in [-0.39, 0.29) is 89.8 Å². The molecule has 3 N–H and O–H groups in total. The van der Waals surface area contributed by atoms with Crippen molar-refractivity contribution in [1.29, 1.82) is 0 Å². The van der Waals surface area contributed by atoms with Crippen LogP contribution in [0.4, 0.5) is 0 Å². The van der Waals surface area contributed by atoms with Gasteiger partial charge in [0.1, 0.15) is 0 Å². The number of hydrogen-bond donors (Lipinski definition) is 3. The third-order valence-corrected chi connectivity index (χ3v) is 7.09. The van der Waals surface area contributed by atoms with E-state index in [1.54, 1.807) is 55.4 Å². The third kappa shape index (κ3) is 61.7. The Morgan fingerprint density at radius 3 is 0.981 bits per heavy atom. The van der Waals surface area contributed by atoms with E-state index in [0.29, 0.717) is 32.0 Å². The van der Waals surface area contributed by atoms with E-state index in [0.717, 1.165) is 76.3 Å². The molecule has 300 valence electrons. The van der Waals surface area contributed by atoms with Crippen molar-refractivity contribution in [3.63, 3.8) is 0 Å². The van der Waals surface area contributed by atoms with E-state index in [1.807, 2.05) is 0 Å². The van der Waals surface area contributed by atoms with E-state index in [1.165, 1.54) is 13.8 Å². The van der Waals surface area contributed by atoms with Gasteiger partial charge in [-0.25, -0.2) is 0 Å². The average molecular weight is 816 g/mol. The van der Waals surface area contributed by atoms with Crippen molar-refractivity contribution in [3.05, 3.63) is 5.92 Å². The van der Waals surface area contributed by atoms with Gasteiger partial charge in [-0.05, 0) is 85.0 Å². The first-order valence-corrected chi connectivity index (χ1v) is 18.2. The molecule has 0 spiro atoms. The maximum atomic E-state index is 10.9. The van der Waals surface area contributed by atoms with Gasteiger partial charge in [0.25, 0.3) is 0 Å². The second kappa shape index (κ2) is 46.7. The molecule has 0 aromatic rings. The molecule has 53 heavy (non-hydrogen) atoms. The number of aliphatic carboxylic acids is 5. The van der Waals surface area contributed by atoms with Crippen LogP contribution in [0.1, 0.15) is 133 Å². The zero-order valence-corrected chi connectivity index (χ0v) is 40.8. The Bertz CT molecular complexity index is 797. The number of carbonyl (C=O) groups excluding carboxylic acids is 2. The van der Waals surface area contributed by atoms with Crippen LogP contribution in [-0.4, -0.2) is 83.4 Å². The van der Waals surface area contributed by atoms with Gasteiger partial charge in [0.15, 0.2) is 0 Å². The Kier molecular flexibility index (Phi) is 62.6. The van der Waals surface area contributed by atoms with Crippen LogP contribution in [0.25, 0.3) is 0 Å². The Balaban J connectivity index is -0.0000000887. The van der Waals surface area contributed by atoms with Crippen LogP contribution in [0.5, 0.6) is 0 Å². The monoisotopic (exact) mass is 814 g/mol. The summed E-state index contributed by atoms with van der Waals surface area (Å²) >= 11 is 11.0. The number of alkyl halides is 2. The molecular weight excluding hydrogens is 748 g/mol. The van der Waals surface area contributed by atoms with Crippen LogP contribution in [0.3, 0.4) is 0 Å². The topological polar surface area (TPSA) is 211 Å². The normalized spacial score (nSPS) is 10.0. The summed E-state index contributed by atoms with van der Waals surface area (Å²) in [6.07, 6.45) is 8.95. The summed E-state index contributed by atoms with van der Waals surface area (Å²) < 4.78 is 10.8. The predicted octanol–water partition coefficient (Wildman–Crippen LogP) is -2.91. The number of rotatable bonds is 23. The number of unbranched alkanes of at least 4 members (excludes halogenated alkanes) is 4. The summed E-state index contributed by atoms with van der Waals surface area (Å²) in [6, 6.07) is 0. The van der Waals surface area contributed by atoms with Gasteiger partial charge in [0, 0.05) is 44.2 Å². The molecule has 0 rings (SSSR count). The molecule has 0 bridgehead atoms. The molecule has 0 aliphatic heterocycles.